The Labute approximate surface area is 105 Å². The SMILES string of the molecule is CC1CN(C2CCCCCC2=O)CC(C)N1C. The first kappa shape index (κ1) is 13.0. The summed E-state index contributed by atoms with van der Waals surface area (Å²) in [5, 5.41) is 0. The fourth-order valence-electron chi connectivity index (χ4n) is 3.23. The Hall–Kier alpha value is -0.410. The lowest BCUT2D eigenvalue weighted by atomic mass is 10.0. The Morgan fingerprint density at radius 3 is 2.35 bits per heavy atom. The standard InChI is InChI=1S/C14H26N2O/c1-11-9-16(10-12(2)15(11)3)13-7-5-4-6-8-14(13)17/h11-13H,4-10H2,1-3H3. The summed E-state index contributed by atoms with van der Waals surface area (Å²) in [6.45, 7) is 6.64. The Morgan fingerprint density at radius 1 is 1.06 bits per heavy atom. The summed E-state index contributed by atoms with van der Waals surface area (Å²) in [4.78, 5) is 17.0. The van der Waals surface area contributed by atoms with Gasteiger partial charge in [0, 0.05) is 31.6 Å². The van der Waals surface area contributed by atoms with Crippen LogP contribution in [-0.4, -0.2) is 53.8 Å². The topological polar surface area (TPSA) is 23.6 Å². The molecule has 0 amide bonds. The van der Waals surface area contributed by atoms with Crippen molar-refractivity contribution in [3.05, 3.63) is 0 Å². The van der Waals surface area contributed by atoms with Crippen LogP contribution in [0.25, 0.3) is 0 Å². The summed E-state index contributed by atoms with van der Waals surface area (Å²) in [5.41, 5.74) is 0. The van der Waals surface area contributed by atoms with E-state index in [2.05, 4.69) is 30.7 Å². The van der Waals surface area contributed by atoms with Crippen molar-refractivity contribution in [1.82, 2.24) is 9.80 Å². The molecule has 1 aliphatic heterocycles. The lowest BCUT2D eigenvalue weighted by molar-refractivity contribution is -0.125. The number of nitrogens with zero attached hydrogens (tertiary/aromatic N) is 2. The number of likely N-dealkylation sites (N-methyl/N-ethyl adjacent to an activating group) is 1. The monoisotopic (exact) mass is 238 g/mol. The molecule has 0 radical (unpaired) electrons. The predicted octanol–water partition coefficient (Wildman–Crippen LogP) is 1.91. The molecule has 0 aromatic carbocycles. The quantitative estimate of drug-likeness (QED) is 0.652. The average molecular weight is 238 g/mol. The van der Waals surface area contributed by atoms with Crippen molar-refractivity contribution in [2.75, 3.05) is 20.1 Å². The van der Waals surface area contributed by atoms with E-state index >= 15 is 0 Å². The highest BCUT2D eigenvalue weighted by Crippen LogP contribution is 2.23. The van der Waals surface area contributed by atoms with Crippen molar-refractivity contribution >= 4 is 5.78 Å². The van der Waals surface area contributed by atoms with Crippen LogP contribution in [0, 0.1) is 0 Å². The average Bonchev–Trinajstić information content (AvgIpc) is 2.50. The van der Waals surface area contributed by atoms with E-state index in [0.717, 1.165) is 32.4 Å². The smallest absolute Gasteiger partial charge is 0.149 e. The van der Waals surface area contributed by atoms with Gasteiger partial charge in [-0.3, -0.25) is 14.6 Å². The van der Waals surface area contributed by atoms with Gasteiger partial charge in [-0.25, -0.2) is 0 Å². The summed E-state index contributed by atoms with van der Waals surface area (Å²) in [5.74, 6) is 0.492. The molecule has 2 aliphatic rings. The third-order valence-electron chi connectivity index (χ3n) is 4.60. The number of hydrogen-bond donors (Lipinski definition) is 0. The van der Waals surface area contributed by atoms with Gasteiger partial charge in [-0.1, -0.05) is 12.8 Å². The minimum absolute atomic E-state index is 0.219. The highest BCUT2D eigenvalue weighted by Gasteiger charge is 2.34. The lowest BCUT2D eigenvalue weighted by Gasteiger charge is -2.45. The van der Waals surface area contributed by atoms with Crippen LogP contribution in [0.5, 0.6) is 0 Å². The highest BCUT2D eigenvalue weighted by atomic mass is 16.1. The Balaban J connectivity index is 2.03. The van der Waals surface area contributed by atoms with E-state index in [4.69, 9.17) is 0 Å². The molecule has 0 spiro atoms. The van der Waals surface area contributed by atoms with Crippen molar-refractivity contribution in [3.63, 3.8) is 0 Å². The van der Waals surface area contributed by atoms with Gasteiger partial charge in [-0.2, -0.15) is 0 Å². The van der Waals surface area contributed by atoms with Gasteiger partial charge in [0.1, 0.15) is 5.78 Å². The Kier molecular flexibility index (Phi) is 4.21. The summed E-state index contributed by atoms with van der Waals surface area (Å²) in [7, 11) is 2.20. The van der Waals surface area contributed by atoms with Crippen molar-refractivity contribution < 1.29 is 4.79 Å². The molecular formula is C14H26N2O. The normalized spacial score (nSPS) is 38.1. The van der Waals surface area contributed by atoms with Gasteiger partial charge < -0.3 is 0 Å². The largest absolute Gasteiger partial charge is 0.298 e. The van der Waals surface area contributed by atoms with Crippen LogP contribution in [0.1, 0.15) is 46.0 Å². The molecule has 3 heteroatoms. The third-order valence-corrected chi connectivity index (χ3v) is 4.60. The number of Topliss-reactive ketones (excluding diaryl/α,β-unsaturated/α-hetero) is 1. The molecule has 1 aliphatic carbocycles. The molecule has 1 heterocycles. The first-order chi connectivity index (χ1) is 8.09. The number of hydrogen-bond acceptors (Lipinski definition) is 3. The number of carbonyl (C=O) groups is 1. The second-order valence-electron chi connectivity index (χ2n) is 5.90. The third kappa shape index (κ3) is 2.89. The van der Waals surface area contributed by atoms with Gasteiger partial charge in [0.2, 0.25) is 0 Å². The van der Waals surface area contributed by atoms with Crippen molar-refractivity contribution in [2.24, 2.45) is 0 Å². The van der Waals surface area contributed by atoms with Gasteiger partial charge in [0.05, 0.1) is 6.04 Å². The number of piperazine rings is 1. The van der Waals surface area contributed by atoms with Gasteiger partial charge in [-0.05, 0) is 33.7 Å². The summed E-state index contributed by atoms with van der Waals surface area (Å²) in [6.07, 6.45) is 5.46. The second-order valence-corrected chi connectivity index (χ2v) is 5.90. The zero-order chi connectivity index (χ0) is 12.4. The van der Waals surface area contributed by atoms with Crippen molar-refractivity contribution in [1.29, 1.82) is 0 Å². The van der Waals surface area contributed by atoms with Crippen molar-refractivity contribution in [3.8, 4) is 0 Å². The molecule has 17 heavy (non-hydrogen) atoms. The Bertz CT molecular complexity index is 267. The molecule has 0 N–H and O–H groups in total. The molecule has 0 bridgehead atoms. The van der Waals surface area contributed by atoms with Crippen LogP contribution in [0.3, 0.4) is 0 Å². The maximum atomic E-state index is 12.2. The fourth-order valence-corrected chi connectivity index (χ4v) is 3.23. The van der Waals surface area contributed by atoms with Crippen LogP contribution in [0.15, 0.2) is 0 Å². The molecular weight excluding hydrogens is 212 g/mol. The zero-order valence-electron chi connectivity index (χ0n) is 11.5. The number of ketones is 1. The molecule has 3 unspecified atom stereocenters. The van der Waals surface area contributed by atoms with E-state index in [1.54, 1.807) is 0 Å². The van der Waals surface area contributed by atoms with E-state index < -0.39 is 0 Å². The maximum absolute atomic E-state index is 12.2. The van der Waals surface area contributed by atoms with Crippen LogP contribution >= 0.6 is 0 Å². The molecule has 98 valence electrons. The highest BCUT2D eigenvalue weighted by molar-refractivity contribution is 5.84. The minimum Gasteiger partial charge on any atom is -0.298 e. The number of rotatable bonds is 1. The van der Waals surface area contributed by atoms with Crippen molar-refractivity contribution in [2.45, 2.75) is 64.1 Å². The lowest BCUT2D eigenvalue weighted by Crippen LogP contribution is -2.58. The van der Waals surface area contributed by atoms with Crippen LogP contribution in [-0.2, 0) is 4.79 Å². The van der Waals surface area contributed by atoms with E-state index in [1.165, 1.54) is 12.8 Å². The first-order valence-electron chi connectivity index (χ1n) is 7.08. The van der Waals surface area contributed by atoms with Crippen LogP contribution < -0.4 is 0 Å². The molecule has 3 nitrogen and oxygen atoms in total. The molecule has 0 aromatic rings. The maximum Gasteiger partial charge on any atom is 0.149 e. The van der Waals surface area contributed by atoms with Crippen LogP contribution in [0.4, 0.5) is 0 Å². The molecule has 0 aromatic heterocycles. The molecule has 2 fully saturated rings. The van der Waals surface area contributed by atoms with E-state index in [9.17, 15) is 4.79 Å². The summed E-state index contributed by atoms with van der Waals surface area (Å²) < 4.78 is 0. The van der Waals surface area contributed by atoms with Gasteiger partial charge in [0.15, 0.2) is 0 Å². The molecule has 3 atom stereocenters. The van der Waals surface area contributed by atoms with Crippen LogP contribution in [0.2, 0.25) is 0 Å². The molecule has 1 saturated carbocycles. The zero-order valence-corrected chi connectivity index (χ0v) is 11.5. The molecule has 1 saturated heterocycles. The van der Waals surface area contributed by atoms with E-state index in [0.29, 0.717) is 17.9 Å². The summed E-state index contributed by atoms with van der Waals surface area (Å²) in [6, 6.07) is 1.35. The van der Waals surface area contributed by atoms with E-state index in [-0.39, 0.29) is 6.04 Å². The fraction of sp³-hybridized carbons (Fsp3) is 0.929. The minimum atomic E-state index is 0.219. The van der Waals surface area contributed by atoms with Gasteiger partial charge >= 0.3 is 0 Å². The second kappa shape index (κ2) is 5.49. The first-order valence-corrected chi connectivity index (χ1v) is 7.08. The predicted molar refractivity (Wildman–Crippen MR) is 70.1 cm³/mol. The number of carbonyl (C=O) groups excluding carboxylic acids is 1. The summed E-state index contributed by atoms with van der Waals surface area (Å²) >= 11 is 0. The van der Waals surface area contributed by atoms with E-state index in [1.807, 2.05) is 0 Å². The van der Waals surface area contributed by atoms with Gasteiger partial charge in [0.25, 0.3) is 0 Å². The van der Waals surface area contributed by atoms with Gasteiger partial charge in [-0.15, -0.1) is 0 Å². The Morgan fingerprint density at radius 2 is 1.71 bits per heavy atom. The molecule has 2 rings (SSSR count).